The summed E-state index contributed by atoms with van der Waals surface area (Å²) in [6.07, 6.45) is 3.19. The molecule has 3 heterocycles. The number of thioether (sulfide) groups is 1. The SMILES string of the molecule is CC[C@H](C)[C@@H]([C@@H](CC(=O)N1CCC[C@H]1[C@H](OC)[C@@H](C)C(=O)N[C@H](C)[C@@H](O)c1ccccc1)OC)N(C)C(=O)[C@@H](NC(=O)[C@H](C(C)C)N(C)C(=O)OCc1ccc(OCc2cnc([N+](=O)[O-])n2C)c(NC(=O)CNC(=O)CCOCCOCCCC(=O)CCN2C(=O)C=C(SC)C2=O)c1)C(C)C. The van der Waals surface area contributed by atoms with Gasteiger partial charge in [-0.2, -0.15) is 0 Å². The highest BCUT2D eigenvalue weighted by atomic mass is 32.2. The number of imide groups is 1. The number of amides is 9. The second-order valence-corrected chi connectivity index (χ2v) is 26.9. The number of nitro groups is 1. The molecule has 1 fully saturated rings. The highest BCUT2D eigenvalue weighted by molar-refractivity contribution is 8.03. The lowest BCUT2D eigenvalue weighted by Crippen LogP contribution is -2.60. The van der Waals surface area contributed by atoms with Gasteiger partial charge in [-0.15, -0.1) is 11.8 Å². The molecule has 30 nitrogen and oxygen atoms in total. The highest BCUT2D eigenvalue weighted by Crippen LogP contribution is 2.32. The average Bonchev–Trinajstić information content (AvgIpc) is 1.64. The molecule has 5 rings (SSSR count). The minimum Gasteiger partial charge on any atom is -0.484 e. The first-order valence-corrected chi connectivity index (χ1v) is 35.3. The Labute approximate surface area is 595 Å². The zero-order chi connectivity index (χ0) is 74.8. The normalized spacial score (nSPS) is 16.5. The van der Waals surface area contributed by atoms with Gasteiger partial charge in [0.05, 0.1) is 92.8 Å². The Kier molecular flexibility index (Phi) is 33.8. The van der Waals surface area contributed by atoms with E-state index in [1.165, 1.54) is 73.9 Å². The van der Waals surface area contributed by atoms with Crippen LogP contribution >= 0.6 is 11.8 Å². The van der Waals surface area contributed by atoms with Crippen LogP contribution in [0.1, 0.15) is 130 Å². The molecular formula is C70H103N11O19S. The van der Waals surface area contributed by atoms with Gasteiger partial charge in [-0.3, -0.25) is 53.0 Å². The lowest BCUT2D eigenvalue weighted by molar-refractivity contribution is -0.396. The van der Waals surface area contributed by atoms with Gasteiger partial charge < -0.3 is 74.7 Å². The topological polar surface area (TPSA) is 368 Å². The Morgan fingerprint density at radius 3 is 2.15 bits per heavy atom. The third-order valence-corrected chi connectivity index (χ3v) is 18.9. The number of Topliss-reactive ketones (excluding diaryl/α,β-unsaturated/α-hetero) is 1. The number of likely N-dealkylation sites (tertiary alicyclic amines) is 1. The van der Waals surface area contributed by atoms with Gasteiger partial charge in [-0.1, -0.05) is 96.3 Å². The lowest BCUT2D eigenvalue weighted by atomic mass is 9.89. The molecule has 0 aliphatic carbocycles. The van der Waals surface area contributed by atoms with Crippen molar-refractivity contribution in [2.45, 2.75) is 168 Å². The molecule has 5 N–H and O–H groups in total. The molecule has 0 radical (unpaired) electrons. The highest BCUT2D eigenvalue weighted by Gasteiger charge is 2.44. The third-order valence-electron chi connectivity index (χ3n) is 18.2. The van der Waals surface area contributed by atoms with Crippen LogP contribution in [0.4, 0.5) is 16.4 Å². The fourth-order valence-corrected chi connectivity index (χ4v) is 12.7. The molecule has 558 valence electrons. The smallest absolute Gasteiger partial charge is 0.434 e. The van der Waals surface area contributed by atoms with E-state index in [1.807, 2.05) is 32.0 Å². The van der Waals surface area contributed by atoms with Gasteiger partial charge in [0.25, 0.3) is 11.8 Å². The maximum absolute atomic E-state index is 14.9. The fourth-order valence-electron chi connectivity index (χ4n) is 12.2. The first-order valence-electron chi connectivity index (χ1n) is 34.1. The van der Waals surface area contributed by atoms with E-state index in [1.54, 1.807) is 77.9 Å². The number of imidazole rings is 1. The number of anilines is 1. The third kappa shape index (κ3) is 23.9. The summed E-state index contributed by atoms with van der Waals surface area (Å²) in [4.78, 5) is 155. The molecule has 10 atom stereocenters. The zero-order valence-corrected chi connectivity index (χ0v) is 61.4. The van der Waals surface area contributed by atoms with E-state index in [0.29, 0.717) is 54.0 Å². The van der Waals surface area contributed by atoms with Crippen LogP contribution in [-0.4, -0.2) is 221 Å². The molecule has 9 amide bonds. The lowest BCUT2D eigenvalue weighted by Gasteiger charge is -2.41. The van der Waals surface area contributed by atoms with Crippen molar-refractivity contribution in [2.75, 3.05) is 85.9 Å². The predicted octanol–water partition coefficient (Wildman–Crippen LogP) is 5.63. The standard InChI is InChI=1S/C70H103N11O19S/c1-15-44(6)62(54(95-12)36-58(85)79-29-19-24-52(79)64(96-13)45(7)65(88)73-46(8)63(87)48-21-17-16-18-22-48)77(10)68(91)60(42(2)3)75-66(89)61(43(4)5)78(11)70(92)100-40-47-25-26-53(99-41-49-38-72-69(76(49)9)81(93)94)51(35-47)74-57(84)39-71-56(83)28-32-98-34-33-97-31-20-23-50(82)27-30-80-59(86)37-55(101-14)67(80)90/h16-18,21-22,25-26,35,37-38,42-46,52,54,60-64,87H,15,19-20,23-24,27-34,36,39-41H2,1-14H3,(H,71,83)(H,73,88)(H,74,84)(H,75,89)/t44-,45+,46+,52-,54+,60-,61-,62-,63+,64+/m0/s1. The Morgan fingerprint density at radius 1 is 0.842 bits per heavy atom. The Balaban J connectivity index is 1.17. The predicted molar refractivity (Wildman–Crippen MR) is 374 cm³/mol. The van der Waals surface area contributed by atoms with Crippen molar-refractivity contribution in [3.8, 4) is 5.75 Å². The van der Waals surface area contributed by atoms with Gasteiger partial charge in [0, 0.05) is 73.3 Å². The number of nitrogens with zero attached hydrogens (tertiary/aromatic N) is 7. The van der Waals surface area contributed by atoms with Gasteiger partial charge in [0.15, 0.2) is 5.69 Å². The number of hydrogen-bond acceptors (Lipinski definition) is 21. The van der Waals surface area contributed by atoms with Crippen molar-refractivity contribution in [1.82, 2.24) is 45.1 Å². The molecular weight excluding hydrogens is 1330 g/mol. The molecule has 0 spiro atoms. The number of likely N-dealkylation sites (N-methyl/N-ethyl adjacent to an activating group) is 2. The Morgan fingerprint density at radius 2 is 1.53 bits per heavy atom. The van der Waals surface area contributed by atoms with Gasteiger partial charge in [0.1, 0.15) is 43.0 Å². The monoisotopic (exact) mass is 1430 g/mol. The van der Waals surface area contributed by atoms with E-state index in [-0.39, 0.29) is 107 Å². The van der Waals surface area contributed by atoms with E-state index in [9.17, 15) is 63.2 Å². The summed E-state index contributed by atoms with van der Waals surface area (Å²) in [6, 6.07) is 9.53. The molecule has 31 heteroatoms. The van der Waals surface area contributed by atoms with E-state index in [4.69, 9.17) is 28.4 Å². The summed E-state index contributed by atoms with van der Waals surface area (Å²) in [5.41, 5.74) is 1.41. The number of nitrogens with one attached hydrogen (secondary N) is 4. The number of carbonyl (C=O) groups is 10. The molecule has 0 bridgehead atoms. The van der Waals surface area contributed by atoms with Crippen LogP contribution in [0.3, 0.4) is 0 Å². The second kappa shape index (κ2) is 40.9. The number of rotatable bonds is 43. The number of ether oxygens (including phenoxy) is 6. The van der Waals surface area contributed by atoms with Gasteiger partial charge in [-0.25, -0.2) is 9.36 Å². The Hall–Kier alpha value is -8.36. The van der Waals surface area contributed by atoms with Crippen molar-refractivity contribution < 1.29 is 86.4 Å². The molecule has 0 saturated carbocycles. The average molecular weight is 1430 g/mol. The van der Waals surface area contributed by atoms with E-state index in [0.717, 1.165) is 9.80 Å². The first-order chi connectivity index (χ1) is 48.0. The van der Waals surface area contributed by atoms with Crippen molar-refractivity contribution in [1.29, 1.82) is 0 Å². The number of aromatic nitrogens is 2. The van der Waals surface area contributed by atoms with Crippen LogP contribution in [0.5, 0.6) is 5.75 Å². The van der Waals surface area contributed by atoms with E-state index < -0.39 is 125 Å². The summed E-state index contributed by atoms with van der Waals surface area (Å²) in [7, 11) is 7.44. The fraction of sp³-hybridized carbons (Fsp3) is 0.614. The summed E-state index contributed by atoms with van der Waals surface area (Å²) >= 11 is 1.18. The van der Waals surface area contributed by atoms with Crippen molar-refractivity contribution >= 4 is 82.5 Å². The van der Waals surface area contributed by atoms with Crippen LogP contribution in [0.2, 0.25) is 0 Å². The van der Waals surface area contributed by atoms with Crippen molar-refractivity contribution in [2.24, 2.45) is 30.7 Å². The summed E-state index contributed by atoms with van der Waals surface area (Å²) in [5.74, 6) is -5.99. The number of benzene rings is 2. The molecule has 101 heavy (non-hydrogen) atoms. The van der Waals surface area contributed by atoms with Crippen LogP contribution in [0, 0.1) is 33.8 Å². The van der Waals surface area contributed by atoms with Gasteiger partial charge in [0.2, 0.25) is 35.4 Å². The maximum Gasteiger partial charge on any atom is 0.434 e. The molecule has 1 saturated heterocycles. The first kappa shape index (κ1) is 83.3. The quantitative estimate of drug-likeness (QED) is 0.0198. The van der Waals surface area contributed by atoms with Crippen molar-refractivity contribution in [3.63, 3.8) is 0 Å². The largest absolute Gasteiger partial charge is 0.484 e. The van der Waals surface area contributed by atoms with Gasteiger partial charge >= 0.3 is 12.0 Å². The van der Waals surface area contributed by atoms with Crippen molar-refractivity contribution in [3.05, 3.63) is 92.6 Å². The number of aliphatic hydroxyl groups is 1. The number of aliphatic hydroxyl groups excluding tert-OH is 1. The van der Waals surface area contributed by atoms with Crippen LogP contribution < -0.4 is 26.0 Å². The number of methoxy groups -OCH3 is 2. The molecule has 0 unspecified atom stereocenters. The van der Waals surface area contributed by atoms with Gasteiger partial charge in [-0.05, 0) is 78.4 Å². The maximum atomic E-state index is 14.9. The number of hydrogen-bond donors (Lipinski definition) is 5. The molecule has 2 aliphatic rings. The van der Waals surface area contributed by atoms with Crippen LogP contribution in [-0.2, 0) is 87.1 Å². The number of carbonyl (C=O) groups excluding carboxylic acids is 10. The summed E-state index contributed by atoms with van der Waals surface area (Å²) in [6.45, 7) is 14.4. The molecule has 1 aromatic heterocycles. The van der Waals surface area contributed by atoms with Crippen LogP contribution in [0.25, 0.3) is 0 Å². The number of ketones is 1. The summed E-state index contributed by atoms with van der Waals surface area (Å²) in [5, 5.41) is 33.6. The molecule has 2 aromatic carbocycles. The summed E-state index contributed by atoms with van der Waals surface area (Å²) < 4.78 is 36.1. The second-order valence-electron chi connectivity index (χ2n) is 26.0. The molecule has 3 aromatic rings. The van der Waals surface area contributed by atoms with E-state index >= 15 is 0 Å². The molecule has 2 aliphatic heterocycles. The zero-order valence-electron chi connectivity index (χ0n) is 60.6. The minimum absolute atomic E-state index is 0.00423. The minimum atomic E-state index is -1.15. The van der Waals surface area contributed by atoms with Crippen LogP contribution in [0.15, 0.2) is 65.7 Å². The van der Waals surface area contributed by atoms with E-state index in [2.05, 4.69) is 26.3 Å². The Bertz CT molecular complexity index is 3350.